The van der Waals surface area contributed by atoms with Crippen LogP contribution in [0.25, 0.3) is 22.3 Å². The summed E-state index contributed by atoms with van der Waals surface area (Å²) in [4.78, 5) is 38.1. The van der Waals surface area contributed by atoms with Crippen LogP contribution in [-0.4, -0.2) is 50.1 Å². The van der Waals surface area contributed by atoms with Crippen molar-refractivity contribution < 1.29 is 37.7 Å². The van der Waals surface area contributed by atoms with E-state index in [2.05, 4.69) is 89.5 Å². The number of hydrogen-bond donors (Lipinski definition) is 1. The van der Waals surface area contributed by atoms with Crippen LogP contribution in [0.3, 0.4) is 0 Å². The van der Waals surface area contributed by atoms with Gasteiger partial charge >= 0.3 is 17.9 Å². The summed E-state index contributed by atoms with van der Waals surface area (Å²) in [5, 5.41) is 0. The van der Waals surface area contributed by atoms with Crippen LogP contribution in [0.4, 0.5) is 4.39 Å². The van der Waals surface area contributed by atoms with E-state index in [4.69, 9.17) is 18.9 Å². The minimum atomic E-state index is -1.31. The number of carbonyl (C=O) groups is 3. The van der Waals surface area contributed by atoms with E-state index in [-0.39, 0.29) is 49.0 Å². The highest BCUT2D eigenvalue weighted by Crippen LogP contribution is 2.41. The summed E-state index contributed by atoms with van der Waals surface area (Å²) in [6.07, 6.45) is 14.8. The summed E-state index contributed by atoms with van der Waals surface area (Å²) in [5.41, 5.74) is 7.07. The zero-order valence-corrected chi connectivity index (χ0v) is 40.4. The molecule has 7 nitrogen and oxygen atoms in total. The largest absolute Gasteiger partial charge is 0.492 e. The molecule has 4 rings (SSSR count). The molecule has 0 N–H and O–H groups in total. The Hall–Kier alpha value is -4.63. The number of thiol groups is 1. The van der Waals surface area contributed by atoms with Gasteiger partial charge in [0.25, 0.3) is 0 Å². The quantitative estimate of drug-likeness (QED) is 0.0282. The van der Waals surface area contributed by atoms with Crippen molar-refractivity contribution in [3.63, 3.8) is 0 Å². The molecule has 0 unspecified atom stereocenters. The number of benzene rings is 3. The number of rotatable bonds is 26. The van der Waals surface area contributed by atoms with Gasteiger partial charge < -0.3 is 18.9 Å². The Labute approximate surface area is 388 Å². The molecule has 0 amide bonds. The molecule has 0 saturated heterocycles. The van der Waals surface area contributed by atoms with Crippen LogP contribution in [0.15, 0.2) is 85.0 Å². The predicted molar refractivity (Wildman–Crippen MR) is 262 cm³/mol. The number of esters is 3. The Balaban J connectivity index is 1.71. The molecule has 1 fully saturated rings. The van der Waals surface area contributed by atoms with Crippen LogP contribution in [0.1, 0.15) is 140 Å². The normalized spacial score (nSPS) is 15.0. The third-order valence-electron chi connectivity index (χ3n) is 12.4. The molecule has 1 aliphatic rings. The summed E-state index contributed by atoms with van der Waals surface area (Å²) in [6, 6.07) is 16.5. The topological polar surface area (TPSA) is 88.1 Å². The number of ether oxygens (including phenoxy) is 4. The second kappa shape index (κ2) is 25.8. The standard InChI is InChI=1S/C55H73FO7S/c1-10-13-15-17-40-20-22-42(23-21-40)43-24-27-48(50(56)31-43)47-26-25-45(29-41(47)12-3)49-30-46(18-14-11-2)51(32-44(49)19-16-28-64)60-33-55(34-61-52(57)37(4)5,35-62-53(58)38(6)7)36-63-54(59)39(8)9/h24-27,29-32,40,42,64H,4,6,8,10-23,28,33-36H2,1-3,5,7,9H3. The summed E-state index contributed by atoms with van der Waals surface area (Å²) in [5.74, 6) is 0.418. The molecular weight excluding hydrogens is 824 g/mol. The second-order valence-corrected chi connectivity index (χ2v) is 18.5. The molecular formula is C55H73FO7S. The van der Waals surface area contributed by atoms with E-state index >= 15 is 4.39 Å². The maximum absolute atomic E-state index is 16.2. The lowest BCUT2D eigenvalue weighted by Crippen LogP contribution is -2.44. The molecule has 348 valence electrons. The molecule has 3 aromatic rings. The van der Waals surface area contributed by atoms with Gasteiger partial charge in [-0.25, -0.2) is 18.8 Å². The molecule has 0 atom stereocenters. The minimum absolute atomic E-state index is 0.132. The van der Waals surface area contributed by atoms with Crippen molar-refractivity contribution in [3.8, 4) is 28.0 Å². The van der Waals surface area contributed by atoms with Crippen LogP contribution in [0.2, 0.25) is 0 Å². The lowest BCUT2D eigenvalue weighted by Gasteiger charge is -2.32. The third-order valence-corrected chi connectivity index (χ3v) is 12.7. The van der Waals surface area contributed by atoms with E-state index < -0.39 is 23.3 Å². The Morgan fingerprint density at radius 3 is 1.77 bits per heavy atom. The van der Waals surface area contributed by atoms with Crippen molar-refractivity contribution >= 4 is 30.5 Å². The second-order valence-electron chi connectivity index (χ2n) is 18.1. The monoisotopic (exact) mass is 897 g/mol. The van der Waals surface area contributed by atoms with Gasteiger partial charge in [0.15, 0.2) is 0 Å². The first kappa shape index (κ1) is 52.0. The lowest BCUT2D eigenvalue weighted by atomic mass is 9.77. The summed E-state index contributed by atoms with van der Waals surface area (Å²) >= 11 is 4.55. The first-order chi connectivity index (χ1) is 30.6. The van der Waals surface area contributed by atoms with Gasteiger partial charge in [-0.2, -0.15) is 12.6 Å². The Morgan fingerprint density at radius 1 is 0.656 bits per heavy atom. The van der Waals surface area contributed by atoms with E-state index in [1.165, 1.54) is 59.3 Å². The van der Waals surface area contributed by atoms with Crippen LogP contribution in [0.5, 0.6) is 5.75 Å². The average Bonchev–Trinajstić information content (AvgIpc) is 3.29. The molecule has 0 aliphatic heterocycles. The highest BCUT2D eigenvalue weighted by Gasteiger charge is 2.38. The molecule has 0 radical (unpaired) electrons. The highest BCUT2D eigenvalue weighted by atomic mass is 32.1. The number of halogens is 1. The number of hydrogen-bond acceptors (Lipinski definition) is 8. The van der Waals surface area contributed by atoms with Gasteiger partial charge in [0, 0.05) is 22.3 Å². The van der Waals surface area contributed by atoms with Gasteiger partial charge in [-0.3, -0.25) is 0 Å². The molecule has 0 spiro atoms. The van der Waals surface area contributed by atoms with Crippen molar-refractivity contribution in [2.24, 2.45) is 11.3 Å². The molecule has 0 bridgehead atoms. The van der Waals surface area contributed by atoms with Gasteiger partial charge in [-0.15, -0.1) is 0 Å². The zero-order valence-electron chi connectivity index (χ0n) is 39.5. The van der Waals surface area contributed by atoms with Crippen molar-refractivity contribution in [3.05, 3.63) is 113 Å². The van der Waals surface area contributed by atoms with Gasteiger partial charge in [0.1, 0.15) is 43.4 Å². The van der Waals surface area contributed by atoms with Gasteiger partial charge in [-0.1, -0.05) is 103 Å². The summed E-state index contributed by atoms with van der Waals surface area (Å²) in [6.45, 7) is 21.2. The van der Waals surface area contributed by atoms with Crippen LogP contribution in [-0.2, 0) is 47.9 Å². The SMILES string of the molecule is C=C(C)C(=O)OCC(COC(=O)C(=C)C)(COC(=O)C(=C)C)COc1cc(CCCS)c(-c2ccc(-c3ccc(C4CCC(CCCCC)CC4)cc3F)c(CC)c2)cc1CCCC. The molecule has 64 heavy (non-hydrogen) atoms. The van der Waals surface area contributed by atoms with Crippen molar-refractivity contribution in [2.75, 3.05) is 32.2 Å². The fraction of sp³-hybridized carbons (Fsp3) is 0.509. The molecule has 1 saturated carbocycles. The van der Waals surface area contributed by atoms with E-state index in [1.807, 2.05) is 6.07 Å². The van der Waals surface area contributed by atoms with Gasteiger partial charge in [-0.05, 0) is 153 Å². The summed E-state index contributed by atoms with van der Waals surface area (Å²) < 4.78 is 39.8. The van der Waals surface area contributed by atoms with E-state index in [0.29, 0.717) is 23.0 Å². The Morgan fingerprint density at radius 2 is 1.23 bits per heavy atom. The van der Waals surface area contributed by atoms with Gasteiger partial charge in [0.2, 0.25) is 0 Å². The Bertz CT molecular complexity index is 2020. The Kier molecular flexibility index (Phi) is 20.9. The number of aryl methyl sites for hydroxylation is 3. The fourth-order valence-corrected chi connectivity index (χ4v) is 8.56. The zero-order chi connectivity index (χ0) is 46.8. The van der Waals surface area contributed by atoms with Crippen LogP contribution < -0.4 is 4.74 Å². The van der Waals surface area contributed by atoms with E-state index in [1.54, 1.807) is 6.07 Å². The van der Waals surface area contributed by atoms with Crippen molar-refractivity contribution in [1.82, 2.24) is 0 Å². The first-order valence-electron chi connectivity index (χ1n) is 23.5. The summed E-state index contributed by atoms with van der Waals surface area (Å²) in [7, 11) is 0. The molecule has 3 aromatic carbocycles. The third kappa shape index (κ3) is 15.0. The van der Waals surface area contributed by atoms with Crippen molar-refractivity contribution in [2.45, 2.75) is 137 Å². The molecule has 0 aromatic heterocycles. The van der Waals surface area contributed by atoms with Crippen LogP contribution >= 0.6 is 12.6 Å². The lowest BCUT2D eigenvalue weighted by molar-refractivity contribution is -0.159. The van der Waals surface area contributed by atoms with E-state index in [0.717, 1.165) is 96.2 Å². The maximum Gasteiger partial charge on any atom is 0.333 e. The smallest absolute Gasteiger partial charge is 0.333 e. The fourth-order valence-electron chi connectivity index (χ4n) is 8.40. The number of unbranched alkanes of at least 4 members (excludes halogenated alkanes) is 3. The highest BCUT2D eigenvalue weighted by molar-refractivity contribution is 7.80. The van der Waals surface area contributed by atoms with Gasteiger partial charge in [0.05, 0.1) is 0 Å². The van der Waals surface area contributed by atoms with E-state index in [9.17, 15) is 14.4 Å². The minimum Gasteiger partial charge on any atom is -0.492 e. The maximum atomic E-state index is 16.2. The number of carbonyl (C=O) groups excluding carboxylic acids is 3. The molecule has 0 heterocycles. The molecule has 9 heteroatoms. The first-order valence-corrected chi connectivity index (χ1v) is 24.1. The van der Waals surface area contributed by atoms with Crippen LogP contribution in [0, 0.1) is 17.2 Å². The predicted octanol–water partition coefficient (Wildman–Crippen LogP) is 13.5. The molecule has 1 aliphatic carbocycles. The van der Waals surface area contributed by atoms with Crippen molar-refractivity contribution in [1.29, 1.82) is 0 Å². The average molecular weight is 897 g/mol.